The summed E-state index contributed by atoms with van der Waals surface area (Å²) in [5.74, 6) is 0.648. The van der Waals surface area contributed by atoms with Crippen molar-refractivity contribution in [2.45, 2.75) is 342 Å². The molecule has 0 N–H and O–H groups in total. The zero-order valence-electron chi connectivity index (χ0n) is 61.5. The molecule has 0 atom stereocenters. The van der Waals surface area contributed by atoms with Gasteiger partial charge in [-0.15, -0.1) is 0 Å². The Hall–Kier alpha value is -3.08. The molecule has 0 rings (SSSR count). The maximum atomic E-state index is 13.7. The van der Waals surface area contributed by atoms with E-state index >= 15 is 0 Å². The van der Waals surface area contributed by atoms with Crippen LogP contribution in [0, 0.1) is 0 Å². The van der Waals surface area contributed by atoms with Gasteiger partial charge in [-0.25, -0.2) is 0 Å². The van der Waals surface area contributed by atoms with Crippen LogP contribution in [0.2, 0.25) is 0 Å². The fraction of sp³-hybridized carbons (Fsp3) is 0.870. The summed E-state index contributed by atoms with van der Waals surface area (Å²) in [5, 5.41) is 0.0451. The first kappa shape index (κ1) is 89.9. The van der Waals surface area contributed by atoms with Crippen molar-refractivity contribution in [1.29, 1.82) is 0 Å². The van der Waals surface area contributed by atoms with Gasteiger partial charge in [-0.05, 0) is 143 Å². The molecule has 0 saturated heterocycles. The van der Waals surface area contributed by atoms with Crippen molar-refractivity contribution in [3.8, 4) is 0 Å². The molecule has 0 radical (unpaired) electrons. The maximum Gasteiger partial charge on any atom is 0.307 e. The van der Waals surface area contributed by atoms with Crippen molar-refractivity contribution < 1.29 is 47.7 Å². The van der Waals surface area contributed by atoms with Crippen molar-refractivity contribution in [2.75, 3.05) is 91.7 Å². The van der Waals surface area contributed by atoms with Gasteiger partial charge in [0.1, 0.15) is 25.4 Å². The molecule has 14 nitrogen and oxygen atoms in total. The molecule has 0 aliphatic carbocycles. The van der Waals surface area contributed by atoms with Crippen LogP contribution in [0.25, 0.3) is 0 Å². The highest BCUT2D eigenvalue weighted by Crippen LogP contribution is 2.22. The minimum absolute atomic E-state index is 0.00210. The lowest BCUT2D eigenvalue weighted by Crippen LogP contribution is -2.33. The number of unbranched alkanes of at least 4 members (excludes halogenated alkanes) is 29. The number of ether oxygens (including phenoxy) is 4. The Kier molecular flexibility index (Phi) is 66.6. The number of hydrogen-bond donors (Lipinski definition) is 0. The molecule has 0 aliphatic heterocycles. The summed E-state index contributed by atoms with van der Waals surface area (Å²) in [6.07, 6.45) is 54.4. The number of carbonyl (C=O) groups is 6. The number of amides is 2. The van der Waals surface area contributed by atoms with Crippen molar-refractivity contribution in [1.82, 2.24) is 19.6 Å². The molecule has 544 valence electrons. The Morgan fingerprint density at radius 3 is 1.10 bits per heavy atom. The van der Waals surface area contributed by atoms with Gasteiger partial charge in [0.05, 0.1) is 6.42 Å². The highest BCUT2D eigenvalue weighted by molar-refractivity contribution is 8.13. The summed E-state index contributed by atoms with van der Waals surface area (Å²) in [5.41, 5.74) is 0. The first-order chi connectivity index (χ1) is 45.3. The number of carbonyl (C=O) groups excluding carboxylic acids is 6. The van der Waals surface area contributed by atoms with Crippen LogP contribution in [0.5, 0.6) is 0 Å². The van der Waals surface area contributed by atoms with Crippen LogP contribution in [-0.2, 0) is 38.1 Å². The number of hydrogen-bond acceptors (Lipinski definition) is 14. The third kappa shape index (κ3) is 62.2. The predicted molar refractivity (Wildman–Crippen MR) is 396 cm³/mol. The number of allylic oxidation sites excluding steroid dienone is 2. The zero-order chi connectivity index (χ0) is 68.3. The number of thioether (sulfide) groups is 2. The highest BCUT2D eigenvalue weighted by Gasteiger charge is 2.21. The first-order valence-electron chi connectivity index (χ1n) is 38.5. The van der Waals surface area contributed by atoms with E-state index in [0.29, 0.717) is 82.8 Å². The highest BCUT2D eigenvalue weighted by atomic mass is 32.2. The standard InChI is InChI=1S/C77H144N4O10S2/c1-9-14-19-24-28-35-48-66-88-73(83)56-44-38-47-61-81(63-58-75(85)91-71(53-41-32-22-17-12-4)54-42-33-23-18-13-5)77(87)93-69-65-79(8)59-45-34-27-25-26-29-36-49-67-89-72(82)55-43-37-46-60-80(76(86)92-68-64-78(6)7)62-50-57-74(84)90-70(51-39-30-20-15-10-2)52-40-31-21-16-11-3/h35-36,48-49,70-71H,9-34,37-47,50-69H2,1-8H3/b48-35-,49-36-. The molecule has 0 aromatic carbocycles. The lowest BCUT2D eigenvalue weighted by atomic mass is 10.0. The van der Waals surface area contributed by atoms with Gasteiger partial charge in [-0.2, -0.15) is 0 Å². The minimum Gasteiger partial charge on any atom is -0.462 e. The topological polar surface area (TPSA) is 152 Å². The Morgan fingerprint density at radius 1 is 0.323 bits per heavy atom. The lowest BCUT2D eigenvalue weighted by molar-refractivity contribution is -0.151. The van der Waals surface area contributed by atoms with E-state index in [1.54, 1.807) is 0 Å². The Labute approximate surface area is 580 Å². The Bertz CT molecular complexity index is 1800. The summed E-state index contributed by atoms with van der Waals surface area (Å²) in [6.45, 7) is 16.3. The van der Waals surface area contributed by atoms with Crippen LogP contribution in [0.1, 0.15) is 330 Å². The molecular formula is C77H144N4O10S2. The molecule has 16 heteroatoms. The van der Waals surface area contributed by atoms with E-state index in [4.69, 9.17) is 18.9 Å². The van der Waals surface area contributed by atoms with Crippen molar-refractivity contribution in [3.05, 3.63) is 24.3 Å². The summed E-state index contributed by atoms with van der Waals surface area (Å²) >= 11 is 2.67. The van der Waals surface area contributed by atoms with Gasteiger partial charge in [-0.3, -0.25) is 28.8 Å². The summed E-state index contributed by atoms with van der Waals surface area (Å²) in [4.78, 5) is 86.5. The van der Waals surface area contributed by atoms with Crippen LogP contribution >= 0.6 is 23.5 Å². The van der Waals surface area contributed by atoms with E-state index in [1.807, 2.05) is 36.0 Å². The smallest absolute Gasteiger partial charge is 0.307 e. The van der Waals surface area contributed by atoms with E-state index in [-0.39, 0.29) is 59.6 Å². The van der Waals surface area contributed by atoms with Crippen LogP contribution in [0.3, 0.4) is 0 Å². The van der Waals surface area contributed by atoms with Crippen LogP contribution in [0.4, 0.5) is 9.59 Å². The molecule has 93 heavy (non-hydrogen) atoms. The number of rotatable bonds is 68. The van der Waals surface area contributed by atoms with Gasteiger partial charge in [0.2, 0.25) is 0 Å². The largest absolute Gasteiger partial charge is 0.462 e. The maximum absolute atomic E-state index is 13.7. The Balaban J connectivity index is 4.82. The third-order valence-electron chi connectivity index (χ3n) is 17.3. The van der Waals surface area contributed by atoms with Gasteiger partial charge in [0.15, 0.2) is 0 Å². The average Bonchev–Trinajstić information content (AvgIpc) is 3.69. The first-order valence-corrected chi connectivity index (χ1v) is 40.4. The molecule has 2 amide bonds. The van der Waals surface area contributed by atoms with E-state index in [0.717, 1.165) is 142 Å². The van der Waals surface area contributed by atoms with Crippen molar-refractivity contribution >= 4 is 57.9 Å². The molecule has 0 aromatic rings. The van der Waals surface area contributed by atoms with Gasteiger partial charge < -0.3 is 38.5 Å². The fourth-order valence-electron chi connectivity index (χ4n) is 11.2. The van der Waals surface area contributed by atoms with E-state index in [1.165, 1.54) is 152 Å². The molecule has 0 aromatic heterocycles. The minimum atomic E-state index is -0.211. The van der Waals surface area contributed by atoms with Crippen molar-refractivity contribution in [2.24, 2.45) is 0 Å². The fourth-order valence-corrected chi connectivity index (χ4v) is 13.1. The van der Waals surface area contributed by atoms with Gasteiger partial charge in [-0.1, -0.05) is 237 Å². The SMILES string of the molecule is CCCCCC/C=C\COC(=O)CCCCCN(CCC(=O)OC(CCCCCCC)CCCCCCC)C(=O)SCCN(C)CCCCCCC/C=C\COC(=O)CCCCCN(CCCC(=O)OC(CCCCCCC)CCCCCCC)C(=O)SCCN(C)C. The molecule has 0 heterocycles. The average molecular weight is 1350 g/mol. The van der Waals surface area contributed by atoms with Crippen LogP contribution < -0.4 is 0 Å². The predicted octanol–water partition coefficient (Wildman–Crippen LogP) is 20.9. The Morgan fingerprint density at radius 2 is 0.656 bits per heavy atom. The lowest BCUT2D eigenvalue weighted by Gasteiger charge is -2.24. The molecule has 0 spiro atoms. The van der Waals surface area contributed by atoms with Gasteiger partial charge in [0.25, 0.3) is 10.5 Å². The second kappa shape index (κ2) is 68.8. The number of esters is 4. The summed E-state index contributed by atoms with van der Waals surface area (Å²) < 4.78 is 23.1. The molecule has 0 aliphatic rings. The van der Waals surface area contributed by atoms with Crippen LogP contribution in [0.15, 0.2) is 24.3 Å². The molecule has 0 bridgehead atoms. The van der Waals surface area contributed by atoms with E-state index < -0.39 is 0 Å². The van der Waals surface area contributed by atoms with Gasteiger partial charge >= 0.3 is 23.9 Å². The van der Waals surface area contributed by atoms with Gasteiger partial charge in [0, 0.05) is 70.0 Å². The van der Waals surface area contributed by atoms with Crippen LogP contribution in [-0.4, -0.2) is 158 Å². The zero-order valence-corrected chi connectivity index (χ0v) is 63.1. The van der Waals surface area contributed by atoms with E-state index in [2.05, 4.69) is 63.6 Å². The monoisotopic (exact) mass is 1350 g/mol. The molecule has 0 fully saturated rings. The molecular weight excluding hydrogens is 1200 g/mol. The second-order valence-electron chi connectivity index (χ2n) is 26.5. The summed E-state index contributed by atoms with van der Waals surface area (Å²) in [6, 6.07) is 0. The quantitative estimate of drug-likeness (QED) is 0.0246. The summed E-state index contributed by atoms with van der Waals surface area (Å²) in [7, 11) is 6.13. The number of nitrogens with zero attached hydrogens (tertiary/aromatic N) is 4. The molecule has 0 saturated carbocycles. The normalized spacial score (nSPS) is 11.7. The third-order valence-corrected chi connectivity index (χ3v) is 19.0. The molecule has 0 unspecified atom stereocenters. The second-order valence-corrected chi connectivity index (χ2v) is 28.6. The van der Waals surface area contributed by atoms with E-state index in [9.17, 15) is 28.8 Å². The van der Waals surface area contributed by atoms with Crippen molar-refractivity contribution in [3.63, 3.8) is 0 Å².